The predicted molar refractivity (Wildman–Crippen MR) is 114 cm³/mol. The Morgan fingerprint density at radius 1 is 1.17 bits per heavy atom. The minimum atomic E-state index is -0.499. The average molecular weight is 420 g/mol. The maximum absolute atomic E-state index is 12.3. The molecule has 2 N–H and O–H groups in total. The SMILES string of the molecule is CCCCn1c(S[C@@H](C)C(=O)NC(=O)NC(C)C)nnc1-c1ccc(OC)cc1. The number of amides is 3. The molecule has 0 radical (unpaired) electrons. The van der Waals surface area contributed by atoms with Gasteiger partial charge in [0.2, 0.25) is 5.91 Å². The maximum Gasteiger partial charge on any atom is 0.321 e. The van der Waals surface area contributed by atoms with E-state index in [1.54, 1.807) is 14.0 Å². The van der Waals surface area contributed by atoms with Gasteiger partial charge in [-0.05, 0) is 51.5 Å². The minimum Gasteiger partial charge on any atom is -0.497 e. The van der Waals surface area contributed by atoms with Crippen LogP contribution in [0.15, 0.2) is 29.4 Å². The number of methoxy groups -OCH3 is 1. The average Bonchev–Trinajstić information content (AvgIpc) is 3.07. The van der Waals surface area contributed by atoms with Gasteiger partial charge in [0.25, 0.3) is 0 Å². The predicted octanol–water partition coefficient (Wildman–Crippen LogP) is 3.47. The summed E-state index contributed by atoms with van der Waals surface area (Å²) in [6.45, 7) is 8.27. The molecule has 3 amide bonds. The molecule has 0 bridgehead atoms. The molecule has 8 nitrogen and oxygen atoms in total. The normalized spacial score (nSPS) is 11.9. The van der Waals surface area contributed by atoms with Gasteiger partial charge >= 0.3 is 6.03 Å². The maximum atomic E-state index is 12.3. The Balaban J connectivity index is 2.17. The third-order valence-electron chi connectivity index (χ3n) is 4.11. The van der Waals surface area contributed by atoms with Crippen LogP contribution in [0.4, 0.5) is 4.79 Å². The van der Waals surface area contributed by atoms with E-state index < -0.39 is 11.3 Å². The summed E-state index contributed by atoms with van der Waals surface area (Å²) in [4.78, 5) is 24.1. The number of carbonyl (C=O) groups excluding carboxylic acids is 2. The van der Waals surface area contributed by atoms with Crippen molar-refractivity contribution in [3.05, 3.63) is 24.3 Å². The third kappa shape index (κ3) is 6.49. The first kappa shape index (κ1) is 22.7. The highest BCUT2D eigenvalue weighted by Crippen LogP contribution is 2.28. The lowest BCUT2D eigenvalue weighted by Crippen LogP contribution is -2.45. The lowest BCUT2D eigenvalue weighted by Gasteiger charge is -2.14. The zero-order valence-electron chi connectivity index (χ0n) is 17.6. The molecular formula is C20H29N5O3S. The number of nitrogens with one attached hydrogen (secondary N) is 2. The number of urea groups is 1. The fourth-order valence-corrected chi connectivity index (χ4v) is 3.45. The van der Waals surface area contributed by atoms with Gasteiger partial charge in [0, 0.05) is 18.2 Å². The van der Waals surface area contributed by atoms with E-state index in [9.17, 15) is 9.59 Å². The molecule has 9 heteroatoms. The number of hydrogen-bond acceptors (Lipinski definition) is 6. The fourth-order valence-electron chi connectivity index (χ4n) is 2.57. The van der Waals surface area contributed by atoms with Gasteiger partial charge in [0.05, 0.1) is 12.4 Å². The largest absolute Gasteiger partial charge is 0.497 e. The highest BCUT2D eigenvalue weighted by atomic mass is 32.2. The van der Waals surface area contributed by atoms with E-state index in [1.165, 1.54) is 11.8 Å². The summed E-state index contributed by atoms with van der Waals surface area (Å²) in [6, 6.07) is 7.09. The molecule has 29 heavy (non-hydrogen) atoms. The van der Waals surface area contributed by atoms with Crippen LogP contribution in [-0.4, -0.2) is 45.1 Å². The highest BCUT2D eigenvalue weighted by Gasteiger charge is 2.22. The molecule has 0 spiro atoms. The number of rotatable bonds is 9. The van der Waals surface area contributed by atoms with Crippen LogP contribution < -0.4 is 15.4 Å². The van der Waals surface area contributed by atoms with Gasteiger partial charge in [-0.3, -0.25) is 10.1 Å². The summed E-state index contributed by atoms with van der Waals surface area (Å²) in [5.41, 5.74) is 0.926. The van der Waals surface area contributed by atoms with Crippen molar-refractivity contribution in [1.29, 1.82) is 0 Å². The summed E-state index contributed by atoms with van der Waals surface area (Å²) in [7, 11) is 1.63. The second kappa shape index (κ2) is 10.8. The molecule has 2 aromatic rings. The molecule has 1 aromatic heterocycles. The van der Waals surface area contributed by atoms with E-state index in [4.69, 9.17) is 4.74 Å². The molecule has 1 heterocycles. The van der Waals surface area contributed by atoms with Crippen LogP contribution in [0.2, 0.25) is 0 Å². The topological polar surface area (TPSA) is 98.1 Å². The van der Waals surface area contributed by atoms with Gasteiger partial charge in [-0.1, -0.05) is 25.1 Å². The Kier molecular flexibility index (Phi) is 8.50. The number of aromatic nitrogens is 3. The number of nitrogens with zero attached hydrogens (tertiary/aromatic N) is 3. The molecule has 0 saturated carbocycles. The summed E-state index contributed by atoms with van der Waals surface area (Å²) >= 11 is 1.29. The molecule has 0 aliphatic carbocycles. The number of ether oxygens (including phenoxy) is 1. The van der Waals surface area contributed by atoms with E-state index in [1.807, 2.05) is 42.7 Å². The van der Waals surface area contributed by atoms with Crippen molar-refractivity contribution in [1.82, 2.24) is 25.4 Å². The summed E-state index contributed by atoms with van der Waals surface area (Å²) < 4.78 is 7.24. The molecule has 0 fully saturated rings. The van der Waals surface area contributed by atoms with E-state index in [-0.39, 0.29) is 11.9 Å². The Morgan fingerprint density at radius 3 is 2.45 bits per heavy atom. The van der Waals surface area contributed by atoms with E-state index in [0.717, 1.165) is 36.5 Å². The first-order valence-corrected chi connectivity index (χ1v) is 10.6. The molecule has 0 aliphatic rings. The second-order valence-corrected chi connectivity index (χ2v) is 8.23. The second-order valence-electron chi connectivity index (χ2n) is 6.92. The Bertz CT molecular complexity index is 820. The van der Waals surface area contributed by atoms with Crippen molar-refractivity contribution in [2.45, 2.75) is 63.5 Å². The van der Waals surface area contributed by atoms with Crippen LogP contribution in [-0.2, 0) is 11.3 Å². The first-order valence-electron chi connectivity index (χ1n) is 9.71. The Labute approximate surface area is 175 Å². The minimum absolute atomic E-state index is 0.0463. The standard InChI is InChI=1S/C20H29N5O3S/c1-6-7-12-25-17(15-8-10-16(28-5)11-9-15)23-24-20(25)29-14(4)18(26)22-19(27)21-13(2)3/h8-11,13-14H,6-7,12H2,1-5H3,(H2,21,22,26,27)/t14-/m0/s1. The van der Waals surface area contributed by atoms with Crippen LogP contribution in [0.5, 0.6) is 5.75 Å². The number of benzene rings is 1. The van der Waals surface area contributed by atoms with Crippen molar-refractivity contribution >= 4 is 23.7 Å². The first-order chi connectivity index (χ1) is 13.8. The molecule has 0 aliphatic heterocycles. The monoisotopic (exact) mass is 419 g/mol. The number of carbonyl (C=O) groups is 2. The number of imide groups is 1. The van der Waals surface area contributed by atoms with Gasteiger partial charge in [-0.25, -0.2) is 4.79 Å². The van der Waals surface area contributed by atoms with Gasteiger partial charge in [-0.15, -0.1) is 10.2 Å². The fraction of sp³-hybridized carbons (Fsp3) is 0.500. The van der Waals surface area contributed by atoms with Crippen LogP contribution in [0, 0.1) is 0 Å². The molecule has 158 valence electrons. The zero-order chi connectivity index (χ0) is 21.4. The molecule has 0 unspecified atom stereocenters. The molecule has 2 rings (SSSR count). The Morgan fingerprint density at radius 2 is 1.86 bits per heavy atom. The Hall–Kier alpha value is -2.55. The molecule has 1 atom stereocenters. The smallest absolute Gasteiger partial charge is 0.321 e. The number of thioether (sulfide) groups is 1. The zero-order valence-corrected chi connectivity index (χ0v) is 18.4. The van der Waals surface area contributed by atoms with Gasteiger partial charge in [0.1, 0.15) is 5.75 Å². The number of unbranched alkanes of at least 4 members (excludes halogenated alkanes) is 1. The summed E-state index contributed by atoms with van der Waals surface area (Å²) in [6.07, 6.45) is 1.99. The lowest BCUT2D eigenvalue weighted by molar-refractivity contribution is -0.119. The van der Waals surface area contributed by atoms with Gasteiger partial charge in [0.15, 0.2) is 11.0 Å². The highest BCUT2D eigenvalue weighted by molar-refractivity contribution is 8.00. The lowest BCUT2D eigenvalue weighted by atomic mass is 10.2. The van der Waals surface area contributed by atoms with E-state index in [0.29, 0.717) is 5.16 Å². The molecule has 1 aromatic carbocycles. The van der Waals surface area contributed by atoms with Crippen molar-refractivity contribution < 1.29 is 14.3 Å². The van der Waals surface area contributed by atoms with Crippen molar-refractivity contribution in [2.75, 3.05) is 7.11 Å². The van der Waals surface area contributed by atoms with Crippen LogP contribution in [0.3, 0.4) is 0 Å². The quantitative estimate of drug-likeness (QED) is 0.604. The van der Waals surface area contributed by atoms with Crippen molar-refractivity contribution in [3.63, 3.8) is 0 Å². The van der Waals surface area contributed by atoms with Gasteiger partial charge < -0.3 is 14.6 Å². The van der Waals surface area contributed by atoms with Gasteiger partial charge in [-0.2, -0.15) is 0 Å². The van der Waals surface area contributed by atoms with Crippen molar-refractivity contribution in [3.8, 4) is 17.1 Å². The third-order valence-corrected chi connectivity index (χ3v) is 5.19. The molecule has 0 saturated heterocycles. The van der Waals surface area contributed by atoms with Crippen LogP contribution in [0.1, 0.15) is 40.5 Å². The molecular weight excluding hydrogens is 390 g/mol. The summed E-state index contributed by atoms with van der Waals surface area (Å²) in [5, 5.41) is 13.8. The van der Waals surface area contributed by atoms with E-state index in [2.05, 4.69) is 27.8 Å². The number of hydrogen-bond donors (Lipinski definition) is 2. The van der Waals surface area contributed by atoms with Crippen molar-refractivity contribution in [2.24, 2.45) is 0 Å². The summed E-state index contributed by atoms with van der Waals surface area (Å²) in [5.74, 6) is 1.14. The van der Waals surface area contributed by atoms with Crippen LogP contribution in [0.25, 0.3) is 11.4 Å². The van der Waals surface area contributed by atoms with Crippen LogP contribution >= 0.6 is 11.8 Å². The van der Waals surface area contributed by atoms with E-state index >= 15 is 0 Å².